The Morgan fingerprint density at radius 1 is 0.931 bits per heavy atom. The summed E-state index contributed by atoms with van der Waals surface area (Å²) in [6.45, 7) is 1.50. The maximum atomic E-state index is 11.2. The molecule has 3 N–H and O–H groups in total. The molecule has 0 unspecified atom stereocenters. The molecule has 6 nitrogen and oxygen atoms in total. The topological polar surface area (TPSA) is 78.9 Å². The van der Waals surface area contributed by atoms with E-state index in [0.717, 1.165) is 41.3 Å². The molecule has 0 aliphatic heterocycles. The van der Waals surface area contributed by atoms with Crippen molar-refractivity contribution in [2.45, 2.75) is 38.6 Å². The van der Waals surface area contributed by atoms with Gasteiger partial charge < -0.3 is 16.0 Å². The highest BCUT2D eigenvalue weighted by Crippen LogP contribution is 2.26. The minimum atomic E-state index is -0.0864. The van der Waals surface area contributed by atoms with Crippen molar-refractivity contribution in [3.8, 4) is 11.3 Å². The molecule has 148 valence electrons. The van der Waals surface area contributed by atoms with Gasteiger partial charge in [0.1, 0.15) is 5.82 Å². The molecule has 1 aliphatic rings. The van der Waals surface area contributed by atoms with Gasteiger partial charge in [0.05, 0.1) is 5.69 Å². The summed E-state index contributed by atoms with van der Waals surface area (Å²) in [7, 11) is 0. The average molecular weight is 387 g/mol. The van der Waals surface area contributed by atoms with Gasteiger partial charge in [0.15, 0.2) is 0 Å². The van der Waals surface area contributed by atoms with Crippen molar-refractivity contribution in [2.75, 3.05) is 16.0 Å². The van der Waals surface area contributed by atoms with Gasteiger partial charge >= 0.3 is 0 Å². The predicted octanol–water partition coefficient (Wildman–Crippen LogP) is 5.20. The summed E-state index contributed by atoms with van der Waals surface area (Å²) in [6.07, 6.45) is 4.82. The summed E-state index contributed by atoms with van der Waals surface area (Å²) in [5, 5.41) is 9.63. The second kappa shape index (κ2) is 8.73. The monoisotopic (exact) mass is 387 g/mol. The Balaban J connectivity index is 1.59. The SMILES string of the molecule is CC(=O)Nc1ccc(Nc2cc(-c3ccccc3)nc(NC3CCCC3)n2)cc1. The van der Waals surface area contributed by atoms with Crippen LogP contribution in [0.3, 0.4) is 0 Å². The van der Waals surface area contributed by atoms with Crippen molar-refractivity contribution in [2.24, 2.45) is 0 Å². The molecule has 0 spiro atoms. The van der Waals surface area contributed by atoms with Crippen LogP contribution in [0.15, 0.2) is 60.7 Å². The molecule has 1 fully saturated rings. The second-order valence-corrected chi connectivity index (χ2v) is 7.34. The first-order valence-corrected chi connectivity index (χ1v) is 10.0. The van der Waals surface area contributed by atoms with Crippen molar-refractivity contribution < 1.29 is 4.79 Å². The lowest BCUT2D eigenvalue weighted by Gasteiger charge is -2.15. The number of hydrogen-bond acceptors (Lipinski definition) is 5. The highest BCUT2D eigenvalue weighted by atomic mass is 16.1. The fraction of sp³-hybridized carbons (Fsp3) is 0.261. The van der Waals surface area contributed by atoms with Gasteiger partial charge in [0.2, 0.25) is 11.9 Å². The van der Waals surface area contributed by atoms with Crippen LogP contribution in [0.5, 0.6) is 0 Å². The van der Waals surface area contributed by atoms with Gasteiger partial charge in [-0.3, -0.25) is 4.79 Å². The fourth-order valence-electron chi connectivity index (χ4n) is 3.57. The largest absolute Gasteiger partial charge is 0.351 e. The molecular formula is C23H25N5O. The van der Waals surface area contributed by atoms with Crippen molar-refractivity contribution in [1.29, 1.82) is 0 Å². The minimum absolute atomic E-state index is 0.0864. The van der Waals surface area contributed by atoms with Gasteiger partial charge in [-0.25, -0.2) is 4.98 Å². The third-order valence-electron chi connectivity index (χ3n) is 4.96. The van der Waals surface area contributed by atoms with Crippen molar-refractivity contribution >= 4 is 29.0 Å². The van der Waals surface area contributed by atoms with Crippen LogP contribution in [0.4, 0.5) is 23.1 Å². The number of benzene rings is 2. The van der Waals surface area contributed by atoms with Gasteiger partial charge in [-0.1, -0.05) is 43.2 Å². The molecule has 0 bridgehead atoms. The first kappa shape index (κ1) is 18.9. The van der Waals surface area contributed by atoms with Crippen LogP contribution in [0.1, 0.15) is 32.6 Å². The van der Waals surface area contributed by atoms with Gasteiger partial charge in [0.25, 0.3) is 0 Å². The zero-order chi connectivity index (χ0) is 20.1. The maximum absolute atomic E-state index is 11.2. The van der Waals surface area contributed by atoms with Gasteiger partial charge in [-0.15, -0.1) is 0 Å². The predicted molar refractivity (Wildman–Crippen MR) is 117 cm³/mol. The van der Waals surface area contributed by atoms with E-state index in [1.165, 1.54) is 19.8 Å². The highest BCUT2D eigenvalue weighted by molar-refractivity contribution is 5.88. The van der Waals surface area contributed by atoms with E-state index in [1.807, 2.05) is 60.7 Å². The number of anilines is 4. The maximum Gasteiger partial charge on any atom is 0.225 e. The number of carbonyl (C=O) groups excluding carboxylic acids is 1. The first-order chi connectivity index (χ1) is 14.2. The summed E-state index contributed by atoms with van der Waals surface area (Å²) < 4.78 is 0. The zero-order valence-electron chi connectivity index (χ0n) is 16.5. The Kier molecular flexibility index (Phi) is 5.70. The molecule has 1 saturated carbocycles. The summed E-state index contributed by atoms with van der Waals surface area (Å²) >= 11 is 0. The lowest BCUT2D eigenvalue weighted by molar-refractivity contribution is -0.114. The molecular weight excluding hydrogens is 362 g/mol. The normalized spacial score (nSPS) is 13.8. The molecule has 0 radical (unpaired) electrons. The molecule has 1 aliphatic carbocycles. The average Bonchev–Trinajstić information content (AvgIpc) is 3.23. The Morgan fingerprint density at radius 2 is 1.62 bits per heavy atom. The van der Waals surface area contributed by atoms with E-state index < -0.39 is 0 Å². The Bertz CT molecular complexity index is 966. The van der Waals surface area contributed by atoms with E-state index >= 15 is 0 Å². The van der Waals surface area contributed by atoms with Crippen LogP contribution < -0.4 is 16.0 Å². The van der Waals surface area contributed by atoms with E-state index in [0.29, 0.717) is 12.0 Å². The number of nitrogens with zero attached hydrogens (tertiary/aromatic N) is 2. The van der Waals surface area contributed by atoms with Crippen LogP contribution in [-0.2, 0) is 4.79 Å². The first-order valence-electron chi connectivity index (χ1n) is 10.0. The van der Waals surface area contributed by atoms with E-state index in [-0.39, 0.29) is 5.91 Å². The van der Waals surface area contributed by atoms with E-state index in [2.05, 4.69) is 20.9 Å². The minimum Gasteiger partial charge on any atom is -0.351 e. The van der Waals surface area contributed by atoms with Crippen molar-refractivity contribution in [3.05, 3.63) is 60.7 Å². The van der Waals surface area contributed by atoms with E-state index in [4.69, 9.17) is 4.98 Å². The van der Waals surface area contributed by atoms with Crippen molar-refractivity contribution in [1.82, 2.24) is 9.97 Å². The lowest BCUT2D eigenvalue weighted by Crippen LogP contribution is -2.17. The molecule has 1 heterocycles. The summed E-state index contributed by atoms with van der Waals surface area (Å²) in [5.41, 5.74) is 3.58. The molecule has 4 rings (SSSR count). The quantitative estimate of drug-likeness (QED) is 0.542. The van der Waals surface area contributed by atoms with Crippen LogP contribution in [-0.4, -0.2) is 21.9 Å². The number of carbonyl (C=O) groups is 1. The summed E-state index contributed by atoms with van der Waals surface area (Å²) in [6, 6.07) is 20.1. The van der Waals surface area contributed by atoms with Gasteiger partial charge in [-0.05, 0) is 37.1 Å². The van der Waals surface area contributed by atoms with E-state index in [9.17, 15) is 4.79 Å². The molecule has 1 aromatic heterocycles. The molecule has 6 heteroatoms. The number of nitrogens with one attached hydrogen (secondary N) is 3. The number of rotatable bonds is 6. The summed E-state index contributed by atoms with van der Waals surface area (Å²) in [5.74, 6) is 1.29. The second-order valence-electron chi connectivity index (χ2n) is 7.34. The molecule has 3 aromatic rings. The molecule has 1 amide bonds. The van der Waals surface area contributed by atoms with Crippen LogP contribution in [0.2, 0.25) is 0 Å². The zero-order valence-corrected chi connectivity index (χ0v) is 16.5. The van der Waals surface area contributed by atoms with Crippen LogP contribution in [0.25, 0.3) is 11.3 Å². The molecule has 0 saturated heterocycles. The number of hydrogen-bond donors (Lipinski definition) is 3. The van der Waals surface area contributed by atoms with Gasteiger partial charge in [-0.2, -0.15) is 4.98 Å². The Hall–Kier alpha value is -3.41. The Labute approximate surface area is 170 Å². The summed E-state index contributed by atoms with van der Waals surface area (Å²) in [4.78, 5) is 20.6. The molecule has 0 atom stereocenters. The highest BCUT2D eigenvalue weighted by Gasteiger charge is 2.17. The molecule has 29 heavy (non-hydrogen) atoms. The van der Waals surface area contributed by atoms with Gasteiger partial charge in [0, 0.05) is 36.0 Å². The smallest absolute Gasteiger partial charge is 0.225 e. The number of amides is 1. The number of aromatic nitrogens is 2. The van der Waals surface area contributed by atoms with Crippen LogP contribution >= 0.6 is 0 Å². The third-order valence-corrected chi connectivity index (χ3v) is 4.96. The van der Waals surface area contributed by atoms with E-state index in [1.54, 1.807) is 0 Å². The fourth-order valence-corrected chi connectivity index (χ4v) is 3.57. The standard InChI is InChI=1S/C23H25N5O/c1-16(29)24-19-11-13-20(14-12-19)25-22-15-21(17-7-3-2-4-8-17)27-23(28-22)26-18-9-5-6-10-18/h2-4,7-8,11-15,18H,5-6,9-10H2,1H3,(H,24,29)(H2,25,26,27,28). The molecule has 2 aromatic carbocycles. The van der Waals surface area contributed by atoms with Crippen LogP contribution in [0, 0.1) is 0 Å². The Morgan fingerprint density at radius 3 is 2.31 bits per heavy atom. The third kappa shape index (κ3) is 5.10. The lowest BCUT2D eigenvalue weighted by atomic mass is 10.1. The van der Waals surface area contributed by atoms with Crippen molar-refractivity contribution in [3.63, 3.8) is 0 Å².